The number of aliphatic hydroxyl groups is 3. The van der Waals surface area contributed by atoms with E-state index < -0.39 is 6.29 Å². The zero-order valence-electron chi connectivity index (χ0n) is 4.00. The van der Waals surface area contributed by atoms with Gasteiger partial charge < -0.3 is 15.3 Å². The molecule has 7 heavy (non-hydrogen) atoms. The molecule has 0 radical (unpaired) electrons. The van der Waals surface area contributed by atoms with Crippen molar-refractivity contribution in [2.45, 2.75) is 13.2 Å². The average Bonchev–Trinajstić information content (AvgIpc) is 1.27. The third-order valence-corrected chi connectivity index (χ3v) is 0.390. The van der Waals surface area contributed by atoms with Crippen molar-refractivity contribution in [1.29, 1.82) is 0 Å². The highest BCUT2D eigenvalue weighted by molar-refractivity contribution is 4.86. The van der Waals surface area contributed by atoms with Gasteiger partial charge in [-0.15, -0.1) is 0 Å². The maximum absolute atomic E-state index is 8.26. The minimum Gasteiger partial charge on any atom is -0.513 e. The smallest absolute Gasteiger partial charge is 0.174 e. The third kappa shape index (κ3) is 5.46. The molecular weight excluding hydrogens is 96.0 g/mol. The lowest BCUT2D eigenvalue weighted by molar-refractivity contribution is 0.0000655. The van der Waals surface area contributed by atoms with Gasteiger partial charge >= 0.3 is 0 Å². The summed E-state index contributed by atoms with van der Waals surface area (Å²) in [6, 6.07) is 0. The lowest BCUT2D eigenvalue weighted by Crippen LogP contribution is -1.98. The zero-order valence-corrected chi connectivity index (χ0v) is 4.00. The Hall–Kier alpha value is -0.540. The monoisotopic (exact) mass is 104 g/mol. The summed E-state index contributed by atoms with van der Waals surface area (Å²) in [5, 5.41) is 24.3. The molecule has 0 amide bonds. The van der Waals surface area contributed by atoms with Crippen LogP contribution in [0.1, 0.15) is 6.92 Å². The molecule has 0 unspecified atom stereocenters. The van der Waals surface area contributed by atoms with Crippen LogP contribution in [0.15, 0.2) is 11.8 Å². The second-order valence-corrected chi connectivity index (χ2v) is 1.22. The Labute approximate surface area is 41.5 Å². The molecule has 0 fully saturated rings. The second-order valence-electron chi connectivity index (χ2n) is 1.22. The number of hydrogen-bond donors (Lipinski definition) is 3. The fourth-order valence-electron chi connectivity index (χ4n) is 0.216. The second kappa shape index (κ2) is 2.60. The van der Waals surface area contributed by atoms with Gasteiger partial charge in [-0.05, 0) is 6.92 Å². The van der Waals surface area contributed by atoms with E-state index in [2.05, 4.69) is 0 Å². The Balaban J connectivity index is 3.45. The van der Waals surface area contributed by atoms with Crippen molar-refractivity contribution in [3.05, 3.63) is 11.8 Å². The molecule has 3 heteroatoms. The van der Waals surface area contributed by atoms with Crippen molar-refractivity contribution in [1.82, 2.24) is 0 Å². The van der Waals surface area contributed by atoms with Gasteiger partial charge in [0.05, 0.1) is 5.76 Å². The van der Waals surface area contributed by atoms with Crippen LogP contribution in [-0.4, -0.2) is 21.6 Å². The van der Waals surface area contributed by atoms with E-state index in [1.165, 1.54) is 6.92 Å². The maximum atomic E-state index is 8.26. The van der Waals surface area contributed by atoms with E-state index >= 15 is 0 Å². The molecule has 0 aromatic carbocycles. The van der Waals surface area contributed by atoms with Crippen LogP contribution in [-0.2, 0) is 0 Å². The van der Waals surface area contributed by atoms with Crippen molar-refractivity contribution in [2.75, 3.05) is 0 Å². The standard InChI is InChI=1S/C4H8O3/c1-3(5)2-4(6)7/h2,4-7H,1H3/b3-2-. The van der Waals surface area contributed by atoms with Crippen molar-refractivity contribution < 1.29 is 15.3 Å². The van der Waals surface area contributed by atoms with Crippen molar-refractivity contribution in [3.8, 4) is 0 Å². The predicted octanol–water partition coefficient (Wildman–Crippen LogP) is -0.241. The van der Waals surface area contributed by atoms with Crippen LogP contribution >= 0.6 is 0 Å². The van der Waals surface area contributed by atoms with E-state index in [1.54, 1.807) is 0 Å². The Kier molecular flexibility index (Phi) is 2.40. The minimum atomic E-state index is -1.54. The van der Waals surface area contributed by atoms with Crippen LogP contribution in [0.5, 0.6) is 0 Å². The van der Waals surface area contributed by atoms with Crippen molar-refractivity contribution >= 4 is 0 Å². The topological polar surface area (TPSA) is 60.7 Å². The number of hydrogen-bond acceptors (Lipinski definition) is 3. The van der Waals surface area contributed by atoms with Crippen LogP contribution < -0.4 is 0 Å². The SMILES string of the molecule is C/C(O)=C/C(O)O. The first-order valence-corrected chi connectivity index (χ1v) is 1.86. The first-order chi connectivity index (χ1) is 3.13. The highest BCUT2D eigenvalue weighted by Gasteiger charge is 1.87. The van der Waals surface area contributed by atoms with Gasteiger partial charge in [0, 0.05) is 6.08 Å². The fourth-order valence-corrected chi connectivity index (χ4v) is 0.216. The van der Waals surface area contributed by atoms with E-state index in [4.69, 9.17) is 15.3 Å². The van der Waals surface area contributed by atoms with Crippen LogP contribution in [0.25, 0.3) is 0 Å². The first kappa shape index (κ1) is 6.46. The summed E-state index contributed by atoms with van der Waals surface area (Å²) in [6.07, 6.45) is -0.620. The summed E-state index contributed by atoms with van der Waals surface area (Å²) < 4.78 is 0. The van der Waals surface area contributed by atoms with Gasteiger partial charge in [-0.2, -0.15) is 0 Å². The van der Waals surface area contributed by atoms with E-state index in [9.17, 15) is 0 Å². The molecule has 0 aliphatic rings. The van der Waals surface area contributed by atoms with E-state index in [1.807, 2.05) is 0 Å². The van der Waals surface area contributed by atoms with E-state index in [0.717, 1.165) is 6.08 Å². The van der Waals surface area contributed by atoms with Crippen LogP contribution in [0.4, 0.5) is 0 Å². The molecule has 0 spiro atoms. The van der Waals surface area contributed by atoms with Gasteiger partial charge in [-0.25, -0.2) is 0 Å². The van der Waals surface area contributed by atoms with Crippen LogP contribution in [0.3, 0.4) is 0 Å². The lowest BCUT2D eigenvalue weighted by atomic mass is 10.5. The van der Waals surface area contributed by atoms with Gasteiger partial charge in [0.25, 0.3) is 0 Å². The molecule has 0 aliphatic heterocycles. The highest BCUT2D eigenvalue weighted by Crippen LogP contribution is 1.85. The summed E-state index contributed by atoms with van der Waals surface area (Å²) in [5.41, 5.74) is 0. The third-order valence-electron chi connectivity index (χ3n) is 0.390. The van der Waals surface area contributed by atoms with Crippen LogP contribution in [0, 0.1) is 0 Å². The quantitative estimate of drug-likeness (QED) is 0.318. The average molecular weight is 104 g/mol. The largest absolute Gasteiger partial charge is 0.513 e. The maximum Gasteiger partial charge on any atom is 0.174 e. The highest BCUT2D eigenvalue weighted by atomic mass is 16.5. The normalized spacial score (nSPS) is 12.9. The first-order valence-electron chi connectivity index (χ1n) is 1.86. The molecule has 3 nitrogen and oxygen atoms in total. The molecule has 0 heterocycles. The minimum absolute atomic E-state index is 0.0880. The van der Waals surface area contributed by atoms with E-state index in [0.29, 0.717) is 0 Å². The summed E-state index contributed by atoms with van der Waals surface area (Å²) >= 11 is 0. The van der Waals surface area contributed by atoms with Crippen molar-refractivity contribution in [3.63, 3.8) is 0 Å². The molecule has 0 aliphatic carbocycles. The summed E-state index contributed by atoms with van der Waals surface area (Å²) in [5.74, 6) is -0.0880. The van der Waals surface area contributed by atoms with Gasteiger partial charge in [0.15, 0.2) is 6.29 Å². The number of aliphatic hydroxyl groups excluding tert-OH is 2. The Morgan fingerprint density at radius 3 is 2.00 bits per heavy atom. The van der Waals surface area contributed by atoms with Crippen molar-refractivity contribution in [2.24, 2.45) is 0 Å². The van der Waals surface area contributed by atoms with Gasteiger partial charge in [0.2, 0.25) is 0 Å². The molecule has 0 atom stereocenters. The summed E-state index contributed by atoms with van der Waals surface area (Å²) in [6.45, 7) is 1.36. The summed E-state index contributed by atoms with van der Waals surface area (Å²) in [4.78, 5) is 0. The van der Waals surface area contributed by atoms with E-state index in [-0.39, 0.29) is 5.76 Å². The zero-order chi connectivity index (χ0) is 5.86. The Morgan fingerprint density at radius 1 is 1.57 bits per heavy atom. The van der Waals surface area contributed by atoms with Crippen LogP contribution in [0.2, 0.25) is 0 Å². The van der Waals surface area contributed by atoms with Gasteiger partial charge in [-0.1, -0.05) is 0 Å². The molecule has 0 aromatic heterocycles. The number of rotatable bonds is 1. The molecule has 0 bridgehead atoms. The molecule has 0 saturated carbocycles. The molecule has 3 N–H and O–H groups in total. The fraction of sp³-hybridized carbons (Fsp3) is 0.500. The Bertz CT molecular complexity index is 71.0. The summed E-state index contributed by atoms with van der Waals surface area (Å²) in [7, 11) is 0. The number of allylic oxidation sites excluding steroid dienone is 1. The molecular formula is C4H8O3. The lowest BCUT2D eigenvalue weighted by Gasteiger charge is -1.91. The molecule has 0 aromatic rings. The molecule has 0 rings (SSSR count). The molecule has 42 valence electrons. The van der Waals surface area contributed by atoms with Gasteiger partial charge in [0.1, 0.15) is 0 Å². The molecule has 0 saturated heterocycles. The Morgan fingerprint density at radius 2 is 2.00 bits per heavy atom. The predicted molar refractivity (Wildman–Crippen MR) is 24.6 cm³/mol. The van der Waals surface area contributed by atoms with Gasteiger partial charge in [-0.3, -0.25) is 0 Å².